The fourth-order valence-corrected chi connectivity index (χ4v) is 5.09. The molecule has 7 heteroatoms. The van der Waals surface area contributed by atoms with Crippen LogP contribution in [0.1, 0.15) is 35.7 Å². The maximum absolute atomic E-state index is 13.2. The van der Waals surface area contributed by atoms with Gasteiger partial charge < -0.3 is 9.88 Å². The highest BCUT2D eigenvalue weighted by Crippen LogP contribution is 2.33. The highest BCUT2D eigenvalue weighted by molar-refractivity contribution is 7.98. The van der Waals surface area contributed by atoms with Crippen LogP contribution >= 0.6 is 11.8 Å². The summed E-state index contributed by atoms with van der Waals surface area (Å²) in [5, 5.41) is 3.58. The van der Waals surface area contributed by atoms with E-state index < -0.39 is 6.04 Å². The van der Waals surface area contributed by atoms with Crippen molar-refractivity contribution in [2.24, 2.45) is 0 Å². The first-order valence-corrected chi connectivity index (χ1v) is 11.3. The number of hydrogen-bond acceptors (Lipinski definition) is 4. The van der Waals surface area contributed by atoms with Crippen LogP contribution in [0.3, 0.4) is 0 Å². The summed E-state index contributed by atoms with van der Waals surface area (Å²) in [6, 6.07) is 5.78. The van der Waals surface area contributed by atoms with Gasteiger partial charge in [0.1, 0.15) is 11.9 Å². The topological polar surface area (TPSA) is 64.0 Å². The van der Waals surface area contributed by atoms with Gasteiger partial charge in [0, 0.05) is 29.5 Å². The molecule has 4 rings (SSSR count). The van der Waals surface area contributed by atoms with Crippen LogP contribution in [-0.2, 0) is 23.4 Å². The molecule has 1 aliphatic heterocycles. The fourth-order valence-electron chi connectivity index (χ4n) is 4.08. The van der Waals surface area contributed by atoms with Crippen LogP contribution in [0, 0.1) is 5.82 Å². The molecule has 1 aromatic carbocycles. The van der Waals surface area contributed by atoms with Crippen molar-refractivity contribution in [3.05, 3.63) is 94.2 Å². The Kier molecular flexibility index (Phi) is 6.51. The van der Waals surface area contributed by atoms with E-state index in [1.54, 1.807) is 18.2 Å². The van der Waals surface area contributed by atoms with Crippen LogP contribution in [0.15, 0.2) is 71.2 Å². The van der Waals surface area contributed by atoms with Gasteiger partial charge in [-0.2, -0.15) is 4.98 Å². The molecule has 2 aromatic rings. The summed E-state index contributed by atoms with van der Waals surface area (Å²) in [7, 11) is 0. The van der Waals surface area contributed by atoms with E-state index in [1.165, 1.54) is 23.9 Å². The van der Waals surface area contributed by atoms with E-state index in [2.05, 4.69) is 16.9 Å². The molecule has 1 N–H and O–H groups in total. The standard InChI is InChI=1S/C24H24FN3O2S/c1-2-3-4-5-7-18-14-21(23(30)26-18)28-20-9-6-8-19(20)22(29)27-24(28)31-15-16-10-12-17(25)13-11-16/h2-5,7,10-13,18,21H,1,6,8-9,14-15H2,(H,26,30). The van der Waals surface area contributed by atoms with Gasteiger partial charge in [-0.3, -0.25) is 9.59 Å². The molecule has 2 atom stereocenters. The number of benzene rings is 1. The number of hydrogen-bond donors (Lipinski definition) is 1. The molecule has 31 heavy (non-hydrogen) atoms. The fraction of sp³-hybridized carbons (Fsp3) is 0.292. The molecule has 160 valence electrons. The predicted molar refractivity (Wildman–Crippen MR) is 121 cm³/mol. The predicted octanol–water partition coefficient (Wildman–Crippen LogP) is 3.89. The Morgan fingerprint density at radius 1 is 1.19 bits per heavy atom. The SMILES string of the molecule is C=CC=CC=CC1CC(n2c(SCc3ccc(F)cc3)nc(=O)c3c2CCC3)C(=O)N1. The minimum atomic E-state index is -0.409. The molecule has 0 bridgehead atoms. The van der Waals surface area contributed by atoms with Gasteiger partial charge in [-0.1, -0.05) is 60.9 Å². The number of aromatic nitrogens is 2. The quantitative estimate of drug-likeness (QED) is 0.406. The molecule has 0 saturated carbocycles. The lowest BCUT2D eigenvalue weighted by Gasteiger charge is -2.21. The van der Waals surface area contributed by atoms with Crippen LogP contribution in [-0.4, -0.2) is 21.5 Å². The Hall–Kier alpha value is -2.93. The maximum atomic E-state index is 13.2. The second-order valence-corrected chi connectivity index (χ2v) is 8.58. The summed E-state index contributed by atoms with van der Waals surface area (Å²) < 4.78 is 15.2. The van der Waals surface area contributed by atoms with Gasteiger partial charge in [0.15, 0.2) is 5.16 Å². The van der Waals surface area contributed by atoms with Gasteiger partial charge in [0.2, 0.25) is 5.91 Å². The van der Waals surface area contributed by atoms with Crippen molar-refractivity contribution in [3.63, 3.8) is 0 Å². The number of thioether (sulfide) groups is 1. The lowest BCUT2D eigenvalue weighted by atomic mass is 10.1. The molecular formula is C24H24FN3O2S. The monoisotopic (exact) mass is 437 g/mol. The summed E-state index contributed by atoms with van der Waals surface area (Å²) in [6.45, 7) is 3.64. The van der Waals surface area contributed by atoms with Crippen LogP contribution in [0.5, 0.6) is 0 Å². The summed E-state index contributed by atoms with van der Waals surface area (Å²) in [6.07, 6.45) is 12.2. The van der Waals surface area contributed by atoms with E-state index in [9.17, 15) is 14.0 Å². The lowest BCUT2D eigenvalue weighted by molar-refractivity contribution is -0.122. The van der Waals surface area contributed by atoms with E-state index in [0.29, 0.717) is 23.8 Å². The molecule has 1 amide bonds. The summed E-state index contributed by atoms with van der Waals surface area (Å²) in [4.78, 5) is 29.8. The highest BCUT2D eigenvalue weighted by Gasteiger charge is 2.36. The smallest absolute Gasteiger partial charge is 0.277 e. The van der Waals surface area contributed by atoms with E-state index in [4.69, 9.17) is 0 Å². The maximum Gasteiger partial charge on any atom is 0.277 e. The average molecular weight is 438 g/mol. The molecule has 2 aliphatic rings. The number of amides is 1. The van der Waals surface area contributed by atoms with Gasteiger partial charge in [-0.15, -0.1) is 0 Å². The van der Waals surface area contributed by atoms with Crippen molar-refractivity contribution in [2.75, 3.05) is 0 Å². The molecule has 5 nitrogen and oxygen atoms in total. The number of allylic oxidation sites excluding steroid dienone is 4. The average Bonchev–Trinajstić information content (AvgIpc) is 3.38. The summed E-state index contributed by atoms with van der Waals surface area (Å²) in [5.41, 5.74) is 2.39. The normalized spacial score (nSPS) is 20.5. The van der Waals surface area contributed by atoms with E-state index in [1.807, 2.05) is 28.9 Å². The molecule has 1 aromatic heterocycles. The first kappa shape index (κ1) is 21.3. The lowest BCUT2D eigenvalue weighted by Crippen LogP contribution is -2.29. The first-order valence-electron chi connectivity index (χ1n) is 10.3. The van der Waals surface area contributed by atoms with Crippen molar-refractivity contribution in [3.8, 4) is 0 Å². The van der Waals surface area contributed by atoms with Crippen LogP contribution < -0.4 is 10.9 Å². The third-order valence-corrected chi connectivity index (χ3v) is 6.57. The number of halogens is 1. The zero-order chi connectivity index (χ0) is 21.8. The molecule has 1 saturated heterocycles. The Morgan fingerprint density at radius 3 is 2.77 bits per heavy atom. The van der Waals surface area contributed by atoms with Crippen LogP contribution in [0.4, 0.5) is 4.39 Å². The Bertz CT molecular complexity index is 1110. The van der Waals surface area contributed by atoms with Gasteiger partial charge >= 0.3 is 0 Å². The largest absolute Gasteiger partial charge is 0.348 e. The van der Waals surface area contributed by atoms with Crippen molar-refractivity contribution in [1.29, 1.82) is 0 Å². The van der Waals surface area contributed by atoms with Gasteiger partial charge in [-0.05, 0) is 37.0 Å². The minimum Gasteiger partial charge on any atom is -0.348 e. The second-order valence-electron chi connectivity index (χ2n) is 7.64. The molecule has 2 unspecified atom stereocenters. The number of fused-ring (bicyclic) bond motifs is 1. The first-order chi connectivity index (χ1) is 15.1. The van der Waals surface area contributed by atoms with Gasteiger partial charge in [-0.25, -0.2) is 4.39 Å². The minimum absolute atomic E-state index is 0.0643. The highest BCUT2D eigenvalue weighted by atomic mass is 32.2. The van der Waals surface area contributed by atoms with E-state index in [-0.39, 0.29) is 23.3 Å². The molecule has 2 heterocycles. The third-order valence-electron chi connectivity index (χ3n) is 5.54. The van der Waals surface area contributed by atoms with Crippen molar-refractivity contribution >= 4 is 17.7 Å². The summed E-state index contributed by atoms with van der Waals surface area (Å²) in [5.74, 6) is 0.187. The van der Waals surface area contributed by atoms with Gasteiger partial charge in [0.25, 0.3) is 5.56 Å². The second kappa shape index (κ2) is 9.47. The Labute approximate surface area is 184 Å². The number of rotatable bonds is 7. The van der Waals surface area contributed by atoms with E-state index in [0.717, 1.165) is 29.7 Å². The third kappa shape index (κ3) is 4.71. The number of carbonyl (C=O) groups excluding carboxylic acids is 1. The van der Waals surface area contributed by atoms with Crippen molar-refractivity contribution in [1.82, 2.24) is 14.9 Å². The Morgan fingerprint density at radius 2 is 2.00 bits per heavy atom. The van der Waals surface area contributed by atoms with Crippen LogP contribution in [0.25, 0.3) is 0 Å². The molecule has 1 aliphatic carbocycles. The Balaban J connectivity index is 1.63. The molecule has 1 fully saturated rings. The van der Waals surface area contributed by atoms with E-state index >= 15 is 0 Å². The number of nitrogens with one attached hydrogen (secondary N) is 1. The van der Waals surface area contributed by atoms with Crippen LogP contribution in [0.2, 0.25) is 0 Å². The van der Waals surface area contributed by atoms with Gasteiger partial charge in [0.05, 0.1) is 0 Å². The molecular weight excluding hydrogens is 413 g/mol. The zero-order valence-corrected chi connectivity index (χ0v) is 17.9. The molecule has 0 spiro atoms. The number of nitrogens with zero attached hydrogens (tertiary/aromatic N) is 2. The number of carbonyl (C=O) groups is 1. The van der Waals surface area contributed by atoms with Crippen molar-refractivity contribution in [2.45, 2.75) is 48.7 Å². The zero-order valence-electron chi connectivity index (χ0n) is 17.1. The summed E-state index contributed by atoms with van der Waals surface area (Å²) >= 11 is 1.41. The molecule has 0 radical (unpaired) electrons. The van der Waals surface area contributed by atoms with Crippen molar-refractivity contribution < 1.29 is 9.18 Å².